The van der Waals surface area contributed by atoms with Gasteiger partial charge in [0.15, 0.2) is 0 Å². The Kier molecular flexibility index (Phi) is 10.4. The van der Waals surface area contributed by atoms with Crippen molar-refractivity contribution in [1.82, 2.24) is 0 Å². The number of halogens is 6. The van der Waals surface area contributed by atoms with Crippen LogP contribution < -0.4 is 21.1 Å². The van der Waals surface area contributed by atoms with Crippen molar-refractivity contribution in [3.63, 3.8) is 0 Å². The Balaban J connectivity index is 1.87. The molecule has 3 aromatic rings. The number of aliphatic hydroxyl groups is 2. The second kappa shape index (κ2) is 13.4. The van der Waals surface area contributed by atoms with Gasteiger partial charge in [0.05, 0.1) is 0 Å². The van der Waals surface area contributed by atoms with E-state index in [1.54, 1.807) is 47.9 Å². The Hall–Kier alpha value is -4.14. The first kappa shape index (κ1) is 33.4. The lowest BCUT2D eigenvalue weighted by atomic mass is 9.77. The maximum Gasteiger partial charge on any atom is 0.471 e. The molecule has 232 valence electrons. The van der Waals surface area contributed by atoms with Crippen LogP contribution in [0.15, 0.2) is 78.9 Å². The molecular weight excluding hydrogens is 584 g/mol. The van der Waals surface area contributed by atoms with Crippen molar-refractivity contribution in [2.45, 2.75) is 43.4 Å². The molecule has 2 amide bonds. The third kappa shape index (κ3) is 8.92. The van der Waals surface area contributed by atoms with Gasteiger partial charge in [0.1, 0.15) is 24.1 Å². The van der Waals surface area contributed by atoms with E-state index in [9.17, 15) is 46.1 Å². The van der Waals surface area contributed by atoms with E-state index in [2.05, 4.69) is 0 Å². The van der Waals surface area contributed by atoms with Crippen molar-refractivity contribution >= 4 is 23.2 Å². The Morgan fingerprint density at radius 2 is 1.21 bits per heavy atom. The van der Waals surface area contributed by atoms with E-state index >= 15 is 0 Å². The first-order chi connectivity index (χ1) is 20.0. The highest BCUT2D eigenvalue weighted by atomic mass is 19.4. The zero-order valence-electron chi connectivity index (χ0n) is 22.6. The van der Waals surface area contributed by atoms with Crippen LogP contribution in [0, 0.1) is 5.92 Å². The fourth-order valence-electron chi connectivity index (χ4n) is 4.26. The van der Waals surface area contributed by atoms with Crippen LogP contribution in [0.3, 0.4) is 0 Å². The summed E-state index contributed by atoms with van der Waals surface area (Å²) >= 11 is 0. The molecule has 0 fully saturated rings. The van der Waals surface area contributed by atoms with Gasteiger partial charge in [-0.05, 0) is 59.9 Å². The number of alkyl halides is 6. The molecule has 3 aromatic carbocycles. The molecule has 0 heterocycles. The van der Waals surface area contributed by atoms with Gasteiger partial charge in [-0.2, -0.15) is 26.3 Å². The van der Waals surface area contributed by atoms with Gasteiger partial charge in [-0.3, -0.25) is 9.59 Å². The predicted octanol–water partition coefficient (Wildman–Crippen LogP) is 4.72. The van der Waals surface area contributed by atoms with Crippen molar-refractivity contribution in [2.75, 3.05) is 17.2 Å². The van der Waals surface area contributed by atoms with Gasteiger partial charge in [0.25, 0.3) is 0 Å². The van der Waals surface area contributed by atoms with Crippen LogP contribution >= 0.6 is 0 Å². The molecule has 2 unspecified atom stereocenters. The number of anilines is 2. The van der Waals surface area contributed by atoms with Gasteiger partial charge in [-0.15, -0.1) is 0 Å². The minimum atomic E-state index is -5.13. The molecule has 0 saturated carbocycles. The number of hydrogen-bond donors (Lipinski definition) is 5. The molecule has 3 rings (SSSR count). The summed E-state index contributed by atoms with van der Waals surface area (Å²) in [6.07, 6.45) is -11.6. The van der Waals surface area contributed by atoms with Crippen molar-refractivity contribution < 1.29 is 50.9 Å². The largest absolute Gasteiger partial charge is 0.491 e. The van der Waals surface area contributed by atoms with Gasteiger partial charge < -0.3 is 31.3 Å². The summed E-state index contributed by atoms with van der Waals surface area (Å²) in [5, 5.41) is 26.0. The van der Waals surface area contributed by atoms with Gasteiger partial charge in [0.2, 0.25) is 0 Å². The number of para-hydroxylation sites is 1. The lowest BCUT2D eigenvalue weighted by Gasteiger charge is -2.35. The molecule has 0 bridgehead atoms. The maximum atomic E-state index is 12.7. The number of amides is 2. The topological polar surface area (TPSA) is 134 Å². The molecule has 0 aliphatic rings. The monoisotopic (exact) mass is 613 g/mol. The first-order valence-electron chi connectivity index (χ1n) is 12.8. The predicted molar refractivity (Wildman–Crippen MR) is 145 cm³/mol. The van der Waals surface area contributed by atoms with Crippen molar-refractivity contribution in [1.29, 1.82) is 0 Å². The highest BCUT2D eigenvalue weighted by Gasteiger charge is 2.40. The number of carbonyl (C=O) groups excluding carboxylic acids is 2. The SMILES string of the molecule is CC(CC(O)(c1ccc(NC(=O)C(F)(F)F)cc1)c1ccc(NC(=O)C(F)(F)F)cc1)C(N)[C@@H](O)COc1ccccc1. The minimum Gasteiger partial charge on any atom is -0.491 e. The maximum absolute atomic E-state index is 12.7. The molecule has 14 heteroatoms. The second-order valence-corrected chi connectivity index (χ2v) is 9.87. The smallest absolute Gasteiger partial charge is 0.471 e. The van der Waals surface area contributed by atoms with Crippen LogP contribution in [0.25, 0.3) is 0 Å². The van der Waals surface area contributed by atoms with Gasteiger partial charge in [-0.25, -0.2) is 0 Å². The second-order valence-electron chi connectivity index (χ2n) is 9.87. The molecule has 0 aliphatic heterocycles. The molecular formula is C29H29F6N3O5. The van der Waals surface area contributed by atoms with E-state index in [4.69, 9.17) is 10.5 Å². The van der Waals surface area contributed by atoms with E-state index in [0.717, 1.165) is 24.3 Å². The molecule has 3 atom stereocenters. The van der Waals surface area contributed by atoms with Crippen LogP contribution in [0.5, 0.6) is 5.75 Å². The van der Waals surface area contributed by atoms with Crippen LogP contribution in [0.1, 0.15) is 24.5 Å². The minimum absolute atomic E-state index is 0.138. The fourth-order valence-corrected chi connectivity index (χ4v) is 4.26. The molecule has 0 saturated heterocycles. The highest BCUT2D eigenvalue weighted by Crippen LogP contribution is 2.38. The number of aliphatic hydroxyl groups excluding tert-OH is 1. The van der Waals surface area contributed by atoms with E-state index in [1.165, 1.54) is 24.3 Å². The molecule has 8 nitrogen and oxygen atoms in total. The molecule has 0 aliphatic carbocycles. The summed E-state index contributed by atoms with van der Waals surface area (Å²) in [5.41, 5.74) is 4.20. The lowest BCUT2D eigenvalue weighted by molar-refractivity contribution is -0.167. The number of benzene rings is 3. The quantitative estimate of drug-likeness (QED) is 0.199. The number of nitrogens with two attached hydrogens (primary N) is 1. The number of rotatable bonds is 11. The average Bonchev–Trinajstić information content (AvgIpc) is 2.95. The van der Waals surface area contributed by atoms with Crippen molar-refractivity contribution in [3.8, 4) is 5.75 Å². The summed E-state index contributed by atoms with van der Waals surface area (Å²) in [6.45, 7) is 1.46. The molecule has 0 radical (unpaired) electrons. The standard InChI is InChI=1S/C29H29F6N3O5/c1-17(24(36)23(39)16-43-22-5-3-2-4-6-22)15-27(42,18-7-11-20(12-8-18)37-25(40)28(30,31)32)19-9-13-21(14-10-19)38-26(41)29(33,34)35/h2-14,17,23-24,39,42H,15-16,36H2,1H3,(H,37,40)(H,38,41)/t17?,23-,24?/m0/s1. The zero-order chi connectivity index (χ0) is 32.0. The van der Waals surface area contributed by atoms with E-state index in [-0.39, 0.29) is 35.5 Å². The molecule has 43 heavy (non-hydrogen) atoms. The number of ether oxygens (including phenoxy) is 1. The Morgan fingerprint density at radius 3 is 1.60 bits per heavy atom. The van der Waals surface area contributed by atoms with Crippen LogP contribution in [-0.4, -0.2) is 53.1 Å². The molecule has 0 spiro atoms. The Bertz CT molecular complexity index is 1300. The zero-order valence-corrected chi connectivity index (χ0v) is 22.6. The van der Waals surface area contributed by atoms with E-state index in [0.29, 0.717) is 5.75 Å². The van der Waals surface area contributed by atoms with Gasteiger partial charge in [0, 0.05) is 17.4 Å². The number of nitrogens with one attached hydrogen (secondary N) is 2. The van der Waals surface area contributed by atoms with Crippen LogP contribution in [0.4, 0.5) is 37.7 Å². The first-order valence-corrected chi connectivity index (χ1v) is 12.8. The van der Waals surface area contributed by atoms with E-state index < -0.39 is 47.8 Å². The number of hydrogen-bond acceptors (Lipinski definition) is 6. The van der Waals surface area contributed by atoms with Gasteiger partial charge >= 0.3 is 24.2 Å². The summed E-state index contributed by atoms with van der Waals surface area (Å²) in [5.74, 6) is -4.53. The Labute approximate surface area is 242 Å². The summed E-state index contributed by atoms with van der Waals surface area (Å²) < 4.78 is 81.5. The van der Waals surface area contributed by atoms with Crippen molar-refractivity contribution in [2.24, 2.45) is 11.7 Å². The Morgan fingerprint density at radius 1 is 0.791 bits per heavy atom. The van der Waals surface area contributed by atoms with Crippen LogP contribution in [-0.2, 0) is 15.2 Å². The normalized spacial score (nSPS) is 14.4. The highest BCUT2D eigenvalue weighted by molar-refractivity contribution is 5.95. The molecule has 0 aromatic heterocycles. The van der Waals surface area contributed by atoms with Crippen molar-refractivity contribution in [3.05, 3.63) is 90.0 Å². The van der Waals surface area contributed by atoms with E-state index in [1.807, 2.05) is 0 Å². The van der Waals surface area contributed by atoms with Gasteiger partial charge in [-0.1, -0.05) is 49.4 Å². The third-order valence-electron chi connectivity index (χ3n) is 6.64. The lowest BCUT2D eigenvalue weighted by Crippen LogP contribution is -2.46. The number of carbonyl (C=O) groups is 2. The van der Waals surface area contributed by atoms with Crippen LogP contribution in [0.2, 0.25) is 0 Å². The molecule has 6 N–H and O–H groups in total. The third-order valence-corrected chi connectivity index (χ3v) is 6.64. The summed E-state index contributed by atoms with van der Waals surface area (Å²) in [7, 11) is 0. The fraction of sp³-hybridized carbons (Fsp3) is 0.310. The average molecular weight is 614 g/mol. The summed E-state index contributed by atoms with van der Waals surface area (Å²) in [4.78, 5) is 22.6. The summed E-state index contributed by atoms with van der Waals surface area (Å²) in [6, 6.07) is 17.3.